The highest BCUT2D eigenvalue weighted by Gasteiger charge is 1.94. The normalized spacial score (nSPS) is 10.0. The summed E-state index contributed by atoms with van der Waals surface area (Å²) in [6.45, 7) is 0.0234. The van der Waals surface area contributed by atoms with E-state index in [1.54, 1.807) is 17.0 Å². The van der Waals surface area contributed by atoms with Crippen LogP contribution in [0.25, 0.3) is 0 Å². The first-order valence-electron chi connectivity index (χ1n) is 2.57. The summed E-state index contributed by atoms with van der Waals surface area (Å²) in [7, 11) is 0. The molecular formula is C5H6BrFN2. The summed E-state index contributed by atoms with van der Waals surface area (Å²) in [6, 6.07) is 0. The van der Waals surface area contributed by atoms with Gasteiger partial charge < -0.3 is 4.57 Å². The Morgan fingerprint density at radius 3 is 3.00 bits per heavy atom. The maximum Gasteiger partial charge on any atom is 0.177 e. The van der Waals surface area contributed by atoms with Crippen molar-refractivity contribution in [1.29, 1.82) is 0 Å². The van der Waals surface area contributed by atoms with Gasteiger partial charge in [-0.05, 0) is 15.9 Å². The Kier molecular flexibility index (Phi) is 2.22. The average Bonchev–Trinajstić information content (AvgIpc) is 2.18. The summed E-state index contributed by atoms with van der Waals surface area (Å²) < 4.78 is 14.0. The van der Waals surface area contributed by atoms with Crippen LogP contribution in [0.4, 0.5) is 4.39 Å². The van der Waals surface area contributed by atoms with Crippen LogP contribution in [-0.4, -0.2) is 16.2 Å². The lowest BCUT2D eigenvalue weighted by atomic mass is 10.7. The molecule has 0 bridgehead atoms. The van der Waals surface area contributed by atoms with Crippen LogP contribution in [0, 0.1) is 0 Å². The Labute approximate surface area is 60.8 Å². The van der Waals surface area contributed by atoms with Crippen molar-refractivity contribution in [3.8, 4) is 0 Å². The van der Waals surface area contributed by atoms with Crippen LogP contribution in [0.2, 0.25) is 0 Å². The molecule has 4 heteroatoms. The summed E-state index contributed by atoms with van der Waals surface area (Å²) in [5.41, 5.74) is 0. The van der Waals surface area contributed by atoms with Gasteiger partial charge in [-0.3, -0.25) is 0 Å². The second-order valence-corrected chi connectivity index (χ2v) is 2.29. The van der Waals surface area contributed by atoms with Crippen LogP contribution in [-0.2, 0) is 6.54 Å². The molecule has 50 valence electrons. The Morgan fingerprint density at radius 2 is 2.56 bits per heavy atom. The summed E-state index contributed by atoms with van der Waals surface area (Å²) in [5.74, 6) is 0. The molecule has 0 saturated carbocycles. The van der Waals surface area contributed by atoms with E-state index in [0.29, 0.717) is 11.3 Å². The maximum atomic E-state index is 11.7. The number of rotatable bonds is 2. The molecule has 0 spiro atoms. The van der Waals surface area contributed by atoms with Gasteiger partial charge in [0.2, 0.25) is 0 Å². The molecule has 0 N–H and O–H groups in total. The van der Waals surface area contributed by atoms with E-state index in [0.717, 1.165) is 0 Å². The van der Waals surface area contributed by atoms with Crippen LogP contribution in [0.3, 0.4) is 0 Å². The standard InChI is InChI=1S/C5H6BrFN2/c6-5-8-2-4-9(5)3-1-7/h2,4H,1,3H2. The third-order valence-electron chi connectivity index (χ3n) is 0.990. The fourth-order valence-corrected chi connectivity index (χ4v) is 0.983. The number of hydrogen-bond donors (Lipinski definition) is 0. The van der Waals surface area contributed by atoms with Gasteiger partial charge in [0.1, 0.15) is 6.67 Å². The van der Waals surface area contributed by atoms with Gasteiger partial charge >= 0.3 is 0 Å². The first-order valence-corrected chi connectivity index (χ1v) is 3.36. The summed E-state index contributed by atoms with van der Waals surface area (Å²) in [5, 5.41) is 0. The molecule has 0 unspecified atom stereocenters. The van der Waals surface area contributed by atoms with Crippen molar-refractivity contribution in [3.05, 3.63) is 17.1 Å². The fourth-order valence-electron chi connectivity index (χ4n) is 0.569. The van der Waals surface area contributed by atoms with Crippen molar-refractivity contribution >= 4 is 15.9 Å². The minimum absolute atomic E-state index is 0.352. The Morgan fingerprint density at radius 1 is 1.78 bits per heavy atom. The molecule has 0 radical (unpaired) electrons. The SMILES string of the molecule is FCCn1ccnc1Br. The molecule has 1 rings (SSSR count). The molecule has 9 heavy (non-hydrogen) atoms. The number of aryl methyl sites for hydroxylation is 1. The van der Waals surface area contributed by atoms with Gasteiger partial charge in [-0.1, -0.05) is 0 Å². The van der Waals surface area contributed by atoms with Crippen molar-refractivity contribution in [2.24, 2.45) is 0 Å². The summed E-state index contributed by atoms with van der Waals surface area (Å²) in [4.78, 5) is 3.85. The van der Waals surface area contributed by atoms with E-state index in [9.17, 15) is 4.39 Å². The van der Waals surface area contributed by atoms with Gasteiger partial charge in [0.15, 0.2) is 4.73 Å². The van der Waals surface area contributed by atoms with E-state index in [1.165, 1.54) is 0 Å². The van der Waals surface area contributed by atoms with Gasteiger partial charge in [0.25, 0.3) is 0 Å². The maximum absolute atomic E-state index is 11.7. The van der Waals surface area contributed by atoms with Gasteiger partial charge in [-0.15, -0.1) is 0 Å². The van der Waals surface area contributed by atoms with Crippen molar-refractivity contribution in [3.63, 3.8) is 0 Å². The zero-order valence-corrected chi connectivity index (χ0v) is 6.31. The third kappa shape index (κ3) is 1.51. The van der Waals surface area contributed by atoms with Crippen molar-refractivity contribution in [2.45, 2.75) is 6.54 Å². The lowest BCUT2D eigenvalue weighted by Crippen LogP contribution is -1.97. The van der Waals surface area contributed by atoms with E-state index in [2.05, 4.69) is 20.9 Å². The molecule has 1 aromatic heterocycles. The molecule has 1 heterocycles. The topological polar surface area (TPSA) is 17.8 Å². The number of hydrogen-bond acceptors (Lipinski definition) is 1. The number of aromatic nitrogens is 2. The van der Waals surface area contributed by atoms with Gasteiger partial charge in [-0.2, -0.15) is 0 Å². The number of imidazole rings is 1. The predicted molar refractivity (Wildman–Crippen MR) is 35.9 cm³/mol. The van der Waals surface area contributed by atoms with E-state index in [4.69, 9.17) is 0 Å². The van der Waals surface area contributed by atoms with Crippen molar-refractivity contribution in [1.82, 2.24) is 9.55 Å². The first-order chi connectivity index (χ1) is 4.34. The largest absolute Gasteiger partial charge is 0.323 e. The highest BCUT2D eigenvalue weighted by atomic mass is 79.9. The minimum atomic E-state index is -0.352. The first kappa shape index (κ1) is 6.74. The average molecular weight is 193 g/mol. The van der Waals surface area contributed by atoms with Crippen LogP contribution in [0.5, 0.6) is 0 Å². The quantitative estimate of drug-likeness (QED) is 0.697. The summed E-state index contributed by atoms with van der Waals surface area (Å²) in [6.07, 6.45) is 3.35. The van der Waals surface area contributed by atoms with E-state index in [-0.39, 0.29) is 6.67 Å². The molecule has 0 fully saturated rings. The zero-order valence-electron chi connectivity index (χ0n) is 4.72. The van der Waals surface area contributed by atoms with Gasteiger partial charge in [0, 0.05) is 12.4 Å². The highest BCUT2D eigenvalue weighted by Crippen LogP contribution is 2.04. The fraction of sp³-hybridized carbons (Fsp3) is 0.400. The smallest absolute Gasteiger partial charge is 0.177 e. The van der Waals surface area contributed by atoms with Crippen LogP contribution in [0.1, 0.15) is 0 Å². The second kappa shape index (κ2) is 2.96. The monoisotopic (exact) mass is 192 g/mol. The number of halogens is 2. The number of nitrogens with zero attached hydrogens (tertiary/aromatic N) is 2. The van der Waals surface area contributed by atoms with E-state index < -0.39 is 0 Å². The minimum Gasteiger partial charge on any atom is -0.323 e. The molecule has 0 aliphatic carbocycles. The second-order valence-electron chi connectivity index (χ2n) is 1.58. The lowest BCUT2D eigenvalue weighted by molar-refractivity contribution is 0.442. The molecule has 0 aliphatic heterocycles. The molecular weight excluding hydrogens is 187 g/mol. The van der Waals surface area contributed by atoms with E-state index >= 15 is 0 Å². The molecule has 0 aliphatic rings. The van der Waals surface area contributed by atoms with Crippen LogP contribution >= 0.6 is 15.9 Å². The molecule has 0 saturated heterocycles. The lowest BCUT2D eigenvalue weighted by Gasteiger charge is -1.96. The Balaban J connectivity index is 2.69. The molecule has 1 aromatic rings. The van der Waals surface area contributed by atoms with Gasteiger partial charge in [0.05, 0.1) is 6.54 Å². The number of alkyl halides is 1. The van der Waals surface area contributed by atoms with E-state index in [1.807, 2.05) is 0 Å². The van der Waals surface area contributed by atoms with Crippen LogP contribution < -0.4 is 0 Å². The molecule has 0 atom stereocenters. The molecule has 0 aromatic carbocycles. The highest BCUT2D eigenvalue weighted by molar-refractivity contribution is 9.10. The van der Waals surface area contributed by atoms with Gasteiger partial charge in [-0.25, -0.2) is 9.37 Å². The van der Waals surface area contributed by atoms with Crippen molar-refractivity contribution in [2.75, 3.05) is 6.67 Å². The molecule has 2 nitrogen and oxygen atoms in total. The Bertz CT molecular complexity index is 187. The Hall–Kier alpha value is -0.380. The third-order valence-corrected chi connectivity index (χ3v) is 1.65. The molecule has 0 amide bonds. The van der Waals surface area contributed by atoms with Crippen LogP contribution in [0.15, 0.2) is 17.1 Å². The van der Waals surface area contributed by atoms with Crippen molar-refractivity contribution < 1.29 is 4.39 Å². The summed E-state index contributed by atoms with van der Waals surface area (Å²) >= 11 is 3.15. The zero-order chi connectivity index (χ0) is 6.69. The predicted octanol–water partition coefficient (Wildman–Crippen LogP) is 1.62.